The lowest BCUT2D eigenvalue weighted by Gasteiger charge is -2.12. The van der Waals surface area contributed by atoms with E-state index in [9.17, 15) is 27.9 Å². The molecule has 0 fully saturated rings. The van der Waals surface area contributed by atoms with Crippen LogP contribution in [-0.2, 0) is 23.1 Å². The normalized spacial score (nSPS) is 10.8. The molecule has 34 heavy (non-hydrogen) atoms. The average Bonchev–Trinajstić information content (AvgIpc) is 2.80. The Morgan fingerprint density at radius 3 is 2.15 bits per heavy atom. The molecule has 0 saturated carbocycles. The van der Waals surface area contributed by atoms with Gasteiger partial charge in [0.25, 0.3) is 11.6 Å². The number of amides is 1. The molecule has 1 amide bonds. The molecule has 0 atom stereocenters. The van der Waals surface area contributed by atoms with Crippen molar-refractivity contribution in [3.05, 3.63) is 106 Å². The summed E-state index contributed by atoms with van der Waals surface area (Å²) in [5.41, 5.74) is 2.96. The SMILES string of the molecule is C[NH+](C)Cc1ccccc1CCNC(=O)c1ccccc1.O=[N+]([O-])c1cccc(S(=O)(=O)[O-])c1. The van der Waals surface area contributed by atoms with Gasteiger partial charge in [-0.2, -0.15) is 0 Å². The van der Waals surface area contributed by atoms with Crippen LogP contribution >= 0.6 is 0 Å². The number of nitrogens with one attached hydrogen (secondary N) is 2. The lowest BCUT2D eigenvalue weighted by molar-refractivity contribution is -0.872. The minimum Gasteiger partial charge on any atom is -0.744 e. The fourth-order valence-electron chi connectivity index (χ4n) is 3.11. The van der Waals surface area contributed by atoms with E-state index in [1.807, 2.05) is 30.3 Å². The number of nitro groups is 1. The van der Waals surface area contributed by atoms with E-state index in [1.54, 1.807) is 0 Å². The molecule has 3 aromatic rings. The van der Waals surface area contributed by atoms with Crippen LogP contribution in [0.2, 0.25) is 0 Å². The second-order valence-corrected chi connectivity index (χ2v) is 9.11. The van der Waals surface area contributed by atoms with Crippen molar-refractivity contribution in [3.8, 4) is 0 Å². The van der Waals surface area contributed by atoms with Gasteiger partial charge in [-0.25, -0.2) is 8.42 Å². The first-order chi connectivity index (χ1) is 16.1. The molecule has 9 nitrogen and oxygen atoms in total. The molecule has 0 spiro atoms. The number of carbonyl (C=O) groups is 1. The first kappa shape index (κ1) is 26.7. The monoisotopic (exact) mass is 485 g/mol. The van der Waals surface area contributed by atoms with Gasteiger partial charge in [-0.15, -0.1) is 0 Å². The summed E-state index contributed by atoms with van der Waals surface area (Å²) in [5.74, 6) is -0.00804. The fourth-order valence-corrected chi connectivity index (χ4v) is 3.62. The van der Waals surface area contributed by atoms with Crippen LogP contribution in [0.25, 0.3) is 0 Å². The summed E-state index contributed by atoms with van der Waals surface area (Å²) in [6.45, 7) is 1.66. The van der Waals surface area contributed by atoms with E-state index < -0.39 is 25.6 Å². The van der Waals surface area contributed by atoms with Crippen molar-refractivity contribution >= 4 is 21.7 Å². The molecule has 0 aliphatic carbocycles. The Morgan fingerprint density at radius 2 is 1.56 bits per heavy atom. The van der Waals surface area contributed by atoms with Gasteiger partial charge >= 0.3 is 0 Å². The van der Waals surface area contributed by atoms with Crippen LogP contribution in [0.5, 0.6) is 0 Å². The second-order valence-electron chi connectivity index (χ2n) is 7.73. The molecule has 0 radical (unpaired) electrons. The number of nitro benzene ring substituents is 1. The Bertz CT molecular complexity index is 1210. The van der Waals surface area contributed by atoms with Crippen LogP contribution in [0.4, 0.5) is 5.69 Å². The fraction of sp³-hybridized carbons (Fsp3) is 0.208. The molecule has 0 saturated heterocycles. The quantitative estimate of drug-likeness (QED) is 0.284. The molecular formula is C24H27N3O6S. The van der Waals surface area contributed by atoms with Crippen molar-refractivity contribution in [1.82, 2.24) is 5.32 Å². The zero-order valence-electron chi connectivity index (χ0n) is 18.9. The predicted octanol–water partition coefficient (Wildman–Crippen LogP) is 1.80. The van der Waals surface area contributed by atoms with Crippen molar-refractivity contribution in [3.63, 3.8) is 0 Å². The van der Waals surface area contributed by atoms with Gasteiger partial charge in [0.05, 0.1) is 23.9 Å². The van der Waals surface area contributed by atoms with E-state index in [0.29, 0.717) is 12.1 Å². The van der Waals surface area contributed by atoms with Crippen LogP contribution in [0, 0.1) is 10.1 Å². The molecule has 0 unspecified atom stereocenters. The van der Waals surface area contributed by atoms with Crippen molar-refractivity contribution in [2.24, 2.45) is 0 Å². The molecule has 3 rings (SSSR count). The van der Waals surface area contributed by atoms with E-state index in [1.165, 1.54) is 16.0 Å². The predicted molar refractivity (Wildman–Crippen MR) is 126 cm³/mol. The maximum absolute atomic E-state index is 12.0. The Labute approximate surface area is 198 Å². The minimum atomic E-state index is -4.61. The van der Waals surface area contributed by atoms with Crippen LogP contribution in [-0.4, -0.2) is 44.4 Å². The third-order valence-electron chi connectivity index (χ3n) is 4.70. The number of hydrogen-bond donors (Lipinski definition) is 2. The van der Waals surface area contributed by atoms with Crippen molar-refractivity contribution in [2.75, 3.05) is 20.6 Å². The maximum atomic E-state index is 12.0. The first-order valence-corrected chi connectivity index (χ1v) is 11.9. The van der Waals surface area contributed by atoms with E-state index >= 15 is 0 Å². The zero-order chi connectivity index (χ0) is 25.1. The third-order valence-corrected chi connectivity index (χ3v) is 5.53. The molecule has 0 aliphatic rings. The molecule has 10 heteroatoms. The van der Waals surface area contributed by atoms with Gasteiger partial charge in [-0.1, -0.05) is 48.5 Å². The number of hydrogen-bond acceptors (Lipinski definition) is 6. The largest absolute Gasteiger partial charge is 0.744 e. The van der Waals surface area contributed by atoms with Gasteiger partial charge < -0.3 is 14.8 Å². The van der Waals surface area contributed by atoms with Crippen molar-refractivity contribution in [1.29, 1.82) is 0 Å². The van der Waals surface area contributed by atoms with Crippen LogP contribution < -0.4 is 10.2 Å². The lowest BCUT2D eigenvalue weighted by Crippen LogP contribution is -3.04. The number of carbonyl (C=O) groups excluding carboxylic acids is 1. The summed E-state index contributed by atoms with van der Waals surface area (Å²) >= 11 is 0. The molecular weight excluding hydrogens is 458 g/mol. The Morgan fingerprint density at radius 1 is 0.941 bits per heavy atom. The van der Waals surface area contributed by atoms with Gasteiger partial charge in [-0.3, -0.25) is 14.9 Å². The van der Waals surface area contributed by atoms with E-state index in [2.05, 4.69) is 43.7 Å². The Kier molecular flexibility index (Phi) is 9.87. The lowest BCUT2D eigenvalue weighted by atomic mass is 10.0. The molecule has 0 aliphatic heterocycles. The highest BCUT2D eigenvalue weighted by Crippen LogP contribution is 2.16. The summed E-state index contributed by atoms with van der Waals surface area (Å²) in [5, 5.41) is 13.2. The molecule has 0 bridgehead atoms. The second kappa shape index (κ2) is 12.6. The zero-order valence-corrected chi connectivity index (χ0v) is 19.7. The average molecular weight is 486 g/mol. The summed E-state index contributed by atoms with van der Waals surface area (Å²) in [6.07, 6.45) is 0.863. The highest BCUT2D eigenvalue weighted by Gasteiger charge is 2.09. The van der Waals surface area contributed by atoms with Crippen LogP contribution in [0.15, 0.2) is 83.8 Å². The standard InChI is InChI=1S/C18H22N2O.C6H5NO5S/c1-20(2)14-17-11-7-6-8-15(17)12-13-19-18(21)16-9-4-3-5-10-16;8-7(9)5-2-1-3-6(4-5)13(10,11)12/h3-11H,12-14H2,1-2H3,(H,19,21);1-4H,(H,10,11,12). The number of non-ortho nitro benzene ring substituents is 1. The first-order valence-electron chi connectivity index (χ1n) is 10.5. The van der Waals surface area contributed by atoms with Gasteiger partial charge in [-0.05, 0) is 30.2 Å². The topological polar surface area (TPSA) is 134 Å². The summed E-state index contributed by atoms with van der Waals surface area (Å²) in [4.78, 5) is 22.2. The highest BCUT2D eigenvalue weighted by molar-refractivity contribution is 7.85. The molecule has 0 aromatic heterocycles. The van der Waals surface area contributed by atoms with E-state index in [0.717, 1.165) is 37.2 Å². The van der Waals surface area contributed by atoms with Crippen LogP contribution in [0.1, 0.15) is 21.5 Å². The van der Waals surface area contributed by atoms with Crippen molar-refractivity contribution in [2.45, 2.75) is 17.9 Å². The van der Waals surface area contributed by atoms with E-state index in [4.69, 9.17) is 0 Å². The van der Waals surface area contributed by atoms with Gasteiger partial charge in [0.15, 0.2) is 0 Å². The molecule has 180 valence electrons. The Hall–Kier alpha value is -3.60. The number of rotatable bonds is 8. The third kappa shape index (κ3) is 8.74. The number of benzene rings is 3. The van der Waals surface area contributed by atoms with Gasteiger partial charge in [0, 0.05) is 29.8 Å². The van der Waals surface area contributed by atoms with E-state index in [-0.39, 0.29) is 5.91 Å². The van der Waals surface area contributed by atoms with Crippen molar-refractivity contribution < 1.29 is 27.6 Å². The van der Waals surface area contributed by atoms with Gasteiger partial charge in [0.2, 0.25) is 0 Å². The summed E-state index contributed by atoms with van der Waals surface area (Å²) < 4.78 is 31.3. The molecule has 0 heterocycles. The molecule has 2 N–H and O–H groups in total. The minimum absolute atomic E-state index is 0.00804. The summed E-state index contributed by atoms with van der Waals surface area (Å²) in [6, 6.07) is 21.8. The molecule has 3 aromatic carbocycles. The number of nitrogens with zero attached hydrogens (tertiary/aromatic N) is 1. The Balaban J connectivity index is 0.000000270. The number of quaternary nitrogens is 1. The van der Waals surface area contributed by atoms with Gasteiger partial charge in [0.1, 0.15) is 16.7 Å². The summed E-state index contributed by atoms with van der Waals surface area (Å²) in [7, 11) is -0.320. The maximum Gasteiger partial charge on any atom is 0.270 e. The van der Waals surface area contributed by atoms with Crippen LogP contribution in [0.3, 0.4) is 0 Å². The highest BCUT2D eigenvalue weighted by atomic mass is 32.2. The smallest absolute Gasteiger partial charge is 0.270 e.